The van der Waals surface area contributed by atoms with Crippen LogP contribution in [-0.2, 0) is 13.0 Å². The zero-order valence-electron chi connectivity index (χ0n) is 9.23. The van der Waals surface area contributed by atoms with Gasteiger partial charge in [0, 0.05) is 12.4 Å². The molecule has 0 aliphatic heterocycles. The summed E-state index contributed by atoms with van der Waals surface area (Å²) < 4.78 is 1.93. The molecular formula is C12H14ClN3. The second kappa shape index (κ2) is 5.12. The molecule has 0 atom stereocenters. The van der Waals surface area contributed by atoms with E-state index in [1.54, 1.807) is 12.3 Å². The van der Waals surface area contributed by atoms with E-state index in [1.165, 1.54) is 5.56 Å². The van der Waals surface area contributed by atoms with Gasteiger partial charge >= 0.3 is 0 Å². The Balaban J connectivity index is 2.05. The van der Waals surface area contributed by atoms with Gasteiger partial charge < -0.3 is 0 Å². The van der Waals surface area contributed by atoms with Crippen LogP contribution in [0.1, 0.15) is 24.5 Å². The van der Waals surface area contributed by atoms with E-state index in [0.29, 0.717) is 5.15 Å². The molecule has 0 bridgehead atoms. The highest BCUT2D eigenvalue weighted by Crippen LogP contribution is 2.08. The van der Waals surface area contributed by atoms with Crippen LogP contribution in [-0.4, -0.2) is 14.8 Å². The second-order valence-electron chi connectivity index (χ2n) is 3.79. The monoisotopic (exact) mass is 235 g/mol. The quantitative estimate of drug-likeness (QED) is 0.763. The predicted octanol–water partition coefficient (Wildman–Crippen LogP) is 2.93. The first-order valence-corrected chi connectivity index (χ1v) is 5.77. The van der Waals surface area contributed by atoms with Crippen LogP contribution in [0.4, 0.5) is 0 Å². The summed E-state index contributed by atoms with van der Waals surface area (Å²) in [4.78, 5) is 4.04. The molecule has 0 spiro atoms. The molecule has 84 valence electrons. The highest BCUT2D eigenvalue weighted by Gasteiger charge is 1.99. The van der Waals surface area contributed by atoms with Crippen LogP contribution in [0.2, 0.25) is 5.15 Å². The molecule has 0 fully saturated rings. The smallest absolute Gasteiger partial charge is 0.129 e. The summed E-state index contributed by atoms with van der Waals surface area (Å²) in [7, 11) is 0. The van der Waals surface area contributed by atoms with Crippen molar-refractivity contribution < 1.29 is 0 Å². The van der Waals surface area contributed by atoms with Gasteiger partial charge in [0.15, 0.2) is 0 Å². The van der Waals surface area contributed by atoms with Crippen LogP contribution in [0.25, 0.3) is 0 Å². The fourth-order valence-electron chi connectivity index (χ4n) is 1.60. The van der Waals surface area contributed by atoms with Crippen LogP contribution in [0, 0.1) is 0 Å². The first-order chi connectivity index (χ1) is 7.78. The average Bonchev–Trinajstić information content (AvgIpc) is 2.70. The lowest BCUT2D eigenvalue weighted by molar-refractivity contribution is 0.684. The lowest BCUT2D eigenvalue weighted by Gasteiger charge is -2.00. The summed E-state index contributed by atoms with van der Waals surface area (Å²) in [5.74, 6) is 0. The molecule has 2 aromatic heterocycles. The maximum Gasteiger partial charge on any atom is 0.129 e. The van der Waals surface area contributed by atoms with Gasteiger partial charge in [-0.3, -0.25) is 4.68 Å². The minimum absolute atomic E-state index is 0.524. The Bertz CT molecular complexity index is 448. The van der Waals surface area contributed by atoms with Crippen LogP contribution in [0.3, 0.4) is 0 Å². The van der Waals surface area contributed by atoms with E-state index in [0.717, 1.165) is 24.9 Å². The maximum atomic E-state index is 5.73. The molecule has 4 heteroatoms. The Hall–Kier alpha value is -1.35. The van der Waals surface area contributed by atoms with Gasteiger partial charge in [-0.05, 0) is 23.6 Å². The Labute approximate surface area is 100 Å². The molecule has 3 nitrogen and oxygen atoms in total. The lowest BCUT2D eigenvalue weighted by atomic mass is 10.2. The largest absolute Gasteiger partial charge is 0.268 e. The predicted molar refractivity (Wildman–Crippen MR) is 64.6 cm³/mol. The third-order valence-electron chi connectivity index (χ3n) is 2.36. The average molecular weight is 236 g/mol. The fourth-order valence-corrected chi connectivity index (χ4v) is 1.71. The Morgan fingerprint density at radius 2 is 2.12 bits per heavy atom. The Kier molecular flexibility index (Phi) is 3.57. The molecule has 0 amide bonds. The number of hydrogen-bond acceptors (Lipinski definition) is 2. The summed E-state index contributed by atoms with van der Waals surface area (Å²) in [6.45, 7) is 2.91. The van der Waals surface area contributed by atoms with Gasteiger partial charge in [-0.25, -0.2) is 4.98 Å². The third kappa shape index (κ3) is 2.83. The molecule has 0 saturated heterocycles. The van der Waals surface area contributed by atoms with Gasteiger partial charge in [0.1, 0.15) is 5.15 Å². The number of halogens is 1. The van der Waals surface area contributed by atoms with E-state index < -0.39 is 0 Å². The van der Waals surface area contributed by atoms with E-state index >= 15 is 0 Å². The molecule has 0 aromatic carbocycles. The van der Waals surface area contributed by atoms with Crippen molar-refractivity contribution in [3.63, 3.8) is 0 Å². The number of pyridine rings is 1. The maximum absolute atomic E-state index is 5.73. The minimum atomic E-state index is 0.524. The van der Waals surface area contributed by atoms with Gasteiger partial charge in [0.05, 0.1) is 12.7 Å². The summed E-state index contributed by atoms with van der Waals surface area (Å²) in [5, 5.41) is 4.83. The molecular weight excluding hydrogens is 222 g/mol. The Morgan fingerprint density at radius 3 is 2.81 bits per heavy atom. The summed E-state index contributed by atoms with van der Waals surface area (Å²) in [6, 6.07) is 3.77. The van der Waals surface area contributed by atoms with E-state index in [2.05, 4.69) is 23.2 Å². The highest BCUT2D eigenvalue weighted by atomic mass is 35.5. The molecule has 0 radical (unpaired) electrons. The number of nitrogens with zero attached hydrogens (tertiary/aromatic N) is 3. The van der Waals surface area contributed by atoms with Crippen LogP contribution >= 0.6 is 11.6 Å². The van der Waals surface area contributed by atoms with E-state index in [1.807, 2.05) is 16.9 Å². The van der Waals surface area contributed by atoms with E-state index in [4.69, 9.17) is 11.6 Å². The Morgan fingerprint density at radius 1 is 1.25 bits per heavy atom. The fraction of sp³-hybridized carbons (Fsp3) is 0.333. The molecule has 2 rings (SSSR count). The van der Waals surface area contributed by atoms with Crippen LogP contribution < -0.4 is 0 Å². The highest BCUT2D eigenvalue weighted by molar-refractivity contribution is 6.29. The van der Waals surface area contributed by atoms with Gasteiger partial charge in [0.25, 0.3) is 0 Å². The second-order valence-corrected chi connectivity index (χ2v) is 4.17. The number of aryl methyl sites for hydroxylation is 1. The van der Waals surface area contributed by atoms with Gasteiger partial charge in [-0.1, -0.05) is 31.0 Å². The summed E-state index contributed by atoms with van der Waals surface area (Å²) in [5.41, 5.74) is 2.39. The normalized spacial score (nSPS) is 10.6. The van der Waals surface area contributed by atoms with Crippen molar-refractivity contribution in [1.29, 1.82) is 0 Å². The van der Waals surface area contributed by atoms with E-state index in [9.17, 15) is 0 Å². The summed E-state index contributed by atoms with van der Waals surface area (Å²) in [6.07, 6.45) is 8.02. The van der Waals surface area contributed by atoms with E-state index in [-0.39, 0.29) is 0 Å². The standard InChI is InChI=1S/C12H14ClN3/c1-2-3-10-7-15-16(8-10)9-11-4-5-12(13)14-6-11/h4-8H,2-3,9H2,1H3. The number of hydrogen-bond donors (Lipinski definition) is 0. The molecule has 0 aliphatic carbocycles. The van der Waals surface area contributed by atoms with Crippen molar-refractivity contribution in [3.05, 3.63) is 47.0 Å². The van der Waals surface area contributed by atoms with Crippen molar-refractivity contribution in [3.8, 4) is 0 Å². The van der Waals surface area contributed by atoms with Gasteiger partial charge in [-0.2, -0.15) is 5.10 Å². The molecule has 0 N–H and O–H groups in total. The van der Waals surface area contributed by atoms with Crippen molar-refractivity contribution in [2.75, 3.05) is 0 Å². The minimum Gasteiger partial charge on any atom is -0.268 e. The number of rotatable bonds is 4. The van der Waals surface area contributed by atoms with Crippen molar-refractivity contribution in [1.82, 2.24) is 14.8 Å². The van der Waals surface area contributed by atoms with Crippen LogP contribution in [0.15, 0.2) is 30.7 Å². The zero-order chi connectivity index (χ0) is 11.4. The first-order valence-electron chi connectivity index (χ1n) is 5.39. The van der Waals surface area contributed by atoms with Crippen molar-refractivity contribution in [2.45, 2.75) is 26.3 Å². The molecule has 16 heavy (non-hydrogen) atoms. The molecule has 2 heterocycles. The topological polar surface area (TPSA) is 30.7 Å². The van der Waals surface area contributed by atoms with Gasteiger partial charge in [0.2, 0.25) is 0 Å². The van der Waals surface area contributed by atoms with Crippen molar-refractivity contribution >= 4 is 11.6 Å². The first kappa shape index (κ1) is 11.1. The van der Waals surface area contributed by atoms with Crippen molar-refractivity contribution in [2.24, 2.45) is 0 Å². The lowest BCUT2D eigenvalue weighted by Crippen LogP contribution is -2.00. The summed E-state index contributed by atoms with van der Waals surface area (Å²) >= 11 is 5.73. The SMILES string of the molecule is CCCc1cnn(Cc2ccc(Cl)nc2)c1. The molecule has 0 aliphatic rings. The molecule has 0 unspecified atom stereocenters. The molecule has 0 saturated carbocycles. The molecule has 2 aromatic rings. The van der Waals surface area contributed by atoms with Crippen LogP contribution in [0.5, 0.6) is 0 Å². The third-order valence-corrected chi connectivity index (χ3v) is 2.58. The number of aromatic nitrogens is 3. The van der Waals surface area contributed by atoms with Gasteiger partial charge in [-0.15, -0.1) is 0 Å². The zero-order valence-corrected chi connectivity index (χ0v) is 9.98.